The maximum absolute atomic E-state index is 11.9. The van der Waals surface area contributed by atoms with Gasteiger partial charge in [0, 0.05) is 10.0 Å². The van der Waals surface area contributed by atoms with Crippen molar-refractivity contribution >= 4 is 40.9 Å². The van der Waals surface area contributed by atoms with E-state index < -0.39 is 17.7 Å². The first-order chi connectivity index (χ1) is 10.5. The van der Waals surface area contributed by atoms with Crippen molar-refractivity contribution in [3.05, 3.63) is 75.2 Å². The highest BCUT2D eigenvalue weighted by Gasteiger charge is 2.27. The SMILES string of the molecule is [N-]=[N+]=C(C(=O)OC(=O)c1ccc(Cl)cc1)c1ccc(Cl)cc1. The van der Waals surface area contributed by atoms with Crippen molar-refractivity contribution in [3.63, 3.8) is 0 Å². The summed E-state index contributed by atoms with van der Waals surface area (Å²) in [5, 5.41) is 0.897. The van der Waals surface area contributed by atoms with E-state index in [1.54, 1.807) is 0 Å². The number of hydrogen-bond donors (Lipinski definition) is 0. The number of rotatable bonds is 3. The molecule has 0 saturated heterocycles. The molecule has 2 aromatic rings. The third-order valence-corrected chi connectivity index (χ3v) is 3.18. The van der Waals surface area contributed by atoms with Crippen LogP contribution in [-0.4, -0.2) is 22.4 Å². The van der Waals surface area contributed by atoms with Gasteiger partial charge >= 0.3 is 17.7 Å². The van der Waals surface area contributed by atoms with Gasteiger partial charge < -0.3 is 10.3 Å². The Morgan fingerprint density at radius 2 is 1.32 bits per heavy atom. The van der Waals surface area contributed by atoms with Crippen molar-refractivity contribution < 1.29 is 19.1 Å². The van der Waals surface area contributed by atoms with Crippen LogP contribution in [0.4, 0.5) is 0 Å². The summed E-state index contributed by atoms with van der Waals surface area (Å²) in [6, 6.07) is 11.8. The van der Waals surface area contributed by atoms with Gasteiger partial charge in [0.25, 0.3) is 0 Å². The zero-order valence-corrected chi connectivity index (χ0v) is 12.5. The van der Waals surface area contributed by atoms with E-state index >= 15 is 0 Å². The van der Waals surface area contributed by atoms with Crippen molar-refractivity contribution in [2.75, 3.05) is 0 Å². The molecule has 0 aliphatic heterocycles. The summed E-state index contributed by atoms with van der Waals surface area (Å²) in [6.45, 7) is 0. The summed E-state index contributed by atoms with van der Waals surface area (Å²) in [5.74, 6) is -1.96. The zero-order valence-electron chi connectivity index (χ0n) is 11.0. The van der Waals surface area contributed by atoms with Gasteiger partial charge in [-0.05, 0) is 48.5 Å². The fourth-order valence-corrected chi connectivity index (χ4v) is 1.85. The van der Waals surface area contributed by atoms with Crippen LogP contribution >= 0.6 is 23.2 Å². The molecule has 0 atom stereocenters. The molecule has 0 heterocycles. The summed E-state index contributed by atoms with van der Waals surface area (Å²) in [5.41, 5.74) is 8.97. The molecule has 2 aromatic carbocycles. The Bertz CT molecular complexity index is 764. The quantitative estimate of drug-likeness (QED) is 0.283. The molecule has 0 N–H and O–H groups in total. The van der Waals surface area contributed by atoms with Crippen LogP contribution < -0.4 is 0 Å². The van der Waals surface area contributed by atoms with Gasteiger partial charge in [-0.3, -0.25) is 0 Å². The summed E-state index contributed by atoms with van der Waals surface area (Å²) in [7, 11) is 0. The second-order valence-corrected chi connectivity index (χ2v) is 5.01. The van der Waals surface area contributed by atoms with E-state index in [0.29, 0.717) is 10.0 Å². The van der Waals surface area contributed by atoms with Gasteiger partial charge in [0.05, 0.1) is 11.1 Å². The predicted octanol–water partition coefficient (Wildman–Crippen LogP) is 3.40. The van der Waals surface area contributed by atoms with Gasteiger partial charge in [-0.1, -0.05) is 23.2 Å². The lowest BCUT2D eigenvalue weighted by Gasteiger charge is -2.01. The van der Waals surface area contributed by atoms with Crippen LogP contribution in [0.15, 0.2) is 48.5 Å². The second kappa shape index (κ2) is 7.00. The van der Waals surface area contributed by atoms with E-state index in [1.165, 1.54) is 48.5 Å². The average molecular weight is 335 g/mol. The Kier molecular flexibility index (Phi) is 5.07. The van der Waals surface area contributed by atoms with Gasteiger partial charge in [0.1, 0.15) is 0 Å². The van der Waals surface area contributed by atoms with E-state index in [9.17, 15) is 9.59 Å². The standard InChI is InChI=1S/C15H8Cl2N2O3/c16-11-5-1-9(2-6-11)13(19-18)15(21)22-14(20)10-3-7-12(17)8-4-10/h1-8H. The van der Waals surface area contributed by atoms with E-state index in [2.05, 4.69) is 9.53 Å². The summed E-state index contributed by atoms with van der Waals surface area (Å²) >= 11 is 11.4. The summed E-state index contributed by atoms with van der Waals surface area (Å²) in [6.07, 6.45) is 0. The minimum Gasteiger partial charge on any atom is -0.380 e. The maximum atomic E-state index is 11.9. The number of halogens is 2. The van der Waals surface area contributed by atoms with Gasteiger partial charge in [-0.25, -0.2) is 9.59 Å². The first kappa shape index (κ1) is 15.9. The molecule has 0 unspecified atom stereocenters. The Morgan fingerprint density at radius 1 is 0.864 bits per heavy atom. The lowest BCUT2D eigenvalue weighted by molar-refractivity contribution is -0.134. The largest absolute Gasteiger partial charge is 0.430 e. The van der Waals surface area contributed by atoms with Crippen LogP contribution in [0.3, 0.4) is 0 Å². The minimum absolute atomic E-state index is 0.145. The number of hydrogen-bond acceptors (Lipinski definition) is 3. The maximum Gasteiger partial charge on any atom is 0.430 e. The van der Waals surface area contributed by atoms with Crippen LogP contribution in [0.25, 0.3) is 5.53 Å². The van der Waals surface area contributed by atoms with Gasteiger partial charge in [-0.15, -0.1) is 0 Å². The molecule has 110 valence electrons. The molecule has 7 heteroatoms. The molecule has 0 saturated carbocycles. The van der Waals surface area contributed by atoms with E-state index in [1.807, 2.05) is 0 Å². The number of benzene rings is 2. The van der Waals surface area contributed by atoms with E-state index in [0.717, 1.165) is 0 Å². The third kappa shape index (κ3) is 3.80. The first-order valence-corrected chi connectivity index (χ1v) is 6.77. The molecule has 22 heavy (non-hydrogen) atoms. The van der Waals surface area contributed by atoms with Gasteiger partial charge in [0.2, 0.25) is 0 Å². The zero-order chi connectivity index (χ0) is 16.1. The fraction of sp³-hybridized carbons (Fsp3) is 0. The Labute approximate surface area is 135 Å². The second-order valence-electron chi connectivity index (χ2n) is 4.14. The predicted molar refractivity (Wildman–Crippen MR) is 81.1 cm³/mol. The molecular formula is C15H8Cl2N2O3. The highest BCUT2D eigenvalue weighted by molar-refractivity contribution is 6.42. The minimum atomic E-state index is -1.08. The molecule has 0 aliphatic carbocycles. The van der Waals surface area contributed by atoms with Crippen LogP contribution in [-0.2, 0) is 9.53 Å². The summed E-state index contributed by atoms with van der Waals surface area (Å²) < 4.78 is 4.67. The number of carbonyl (C=O) groups excluding carboxylic acids is 2. The molecule has 0 amide bonds. The molecule has 0 radical (unpaired) electrons. The lowest BCUT2D eigenvalue weighted by atomic mass is 10.1. The van der Waals surface area contributed by atoms with Gasteiger partial charge in [-0.2, -0.15) is 4.79 Å². The highest BCUT2D eigenvalue weighted by atomic mass is 35.5. The van der Waals surface area contributed by atoms with E-state index in [-0.39, 0.29) is 11.1 Å². The monoisotopic (exact) mass is 334 g/mol. The highest BCUT2D eigenvalue weighted by Crippen LogP contribution is 2.12. The normalized spacial score (nSPS) is 9.73. The molecular weight excluding hydrogens is 327 g/mol. The lowest BCUT2D eigenvalue weighted by Crippen LogP contribution is -2.23. The van der Waals surface area contributed by atoms with E-state index in [4.69, 9.17) is 28.7 Å². The number of esters is 2. The first-order valence-electron chi connectivity index (χ1n) is 6.01. The van der Waals surface area contributed by atoms with Crippen molar-refractivity contribution in [3.8, 4) is 0 Å². The Hall–Kier alpha value is -2.46. The molecule has 0 bridgehead atoms. The van der Waals surface area contributed by atoms with Crippen molar-refractivity contribution in [1.82, 2.24) is 0 Å². The van der Waals surface area contributed by atoms with Crippen LogP contribution in [0, 0.1) is 0 Å². The fourth-order valence-electron chi connectivity index (χ4n) is 1.60. The Balaban J connectivity index is 2.16. The molecule has 0 aromatic heterocycles. The molecule has 0 aliphatic rings. The molecule has 0 fully saturated rings. The number of carbonyl (C=O) groups is 2. The number of ether oxygens (including phenoxy) is 1. The number of nitrogens with zero attached hydrogens (tertiary/aromatic N) is 2. The Morgan fingerprint density at radius 3 is 1.77 bits per heavy atom. The van der Waals surface area contributed by atoms with Crippen LogP contribution in [0.1, 0.15) is 15.9 Å². The average Bonchev–Trinajstić information content (AvgIpc) is 2.50. The summed E-state index contributed by atoms with van der Waals surface area (Å²) in [4.78, 5) is 26.6. The van der Waals surface area contributed by atoms with Gasteiger partial charge in [0.15, 0.2) is 0 Å². The molecule has 2 rings (SSSR count). The van der Waals surface area contributed by atoms with Crippen LogP contribution in [0.2, 0.25) is 10.0 Å². The topological polar surface area (TPSA) is 79.8 Å². The molecule has 5 nitrogen and oxygen atoms in total. The van der Waals surface area contributed by atoms with Crippen molar-refractivity contribution in [2.45, 2.75) is 0 Å². The third-order valence-electron chi connectivity index (χ3n) is 2.68. The molecule has 0 spiro atoms. The smallest absolute Gasteiger partial charge is 0.380 e. The van der Waals surface area contributed by atoms with Crippen molar-refractivity contribution in [2.24, 2.45) is 0 Å². The van der Waals surface area contributed by atoms with Crippen LogP contribution in [0.5, 0.6) is 0 Å². The van der Waals surface area contributed by atoms with Crippen molar-refractivity contribution in [1.29, 1.82) is 0 Å².